The van der Waals surface area contributed by atoms with Crippen molar-refractivity contribution in [2.24, 2.45) is 0 Å². The van der Waals surface area contributed by atoms with Crippen LogP contribution in [0.15, 0.2) is 0 Å². The van der Waals surface area contributed by atoms with Crippen LogP contribution in [0, 0.1) is 0 Å². The van der Waals surface area contributed by atoms with Crippen LogP contribution >= 0.6 is 0 Å². The molecule has 0 radical (unpaired) electrons. The summed E-state index contributed by atoms with van der Waals surface area (Å²) in [6.45, 7) is 7.22. The van der Waals surface area contributed by atoms with Gasteiger partial charge < -0.3 is 19.7 Å². The van der Waals surface area contributed by atoms with E-state index in [9.17, 15) is 9.59 Å². The smallest absolute Gasteiger partial charge is 0.246 e. The van der Waals surface area contributed by atoms with Gasteiger partial charge in [0.05, 0.1) is 19.8 Å². The van der Waals surface area contributed by atoms with E-state index in [0.29, 0.717) is 32.8 Å². The number of nitrogens with one attached hydrogen (secondary N) is 1. The van der Waals surface area contributed by atoms with Gasteiger partial charge in [-0.15, -0.1) is 0 Å². The predicted molar refractivity (Wildman–Crippen MR) is 70.7 cm³/mol. The van der Waals surface area contributed by atoms with Gasteiger partial charge in [0.25, 0.3) is 0 Å². The molecule has 1 aliphatic rings. The Labute approximate surface area is 114 Å². The lowest BCUT2D eigenvalue weighted by Crippen LogP contribution is -2.68. The Morgan fingerprint density at radius 3 is 2.53 bits per heavy atom. The number of hydrogen-bond donors (Lipinski definition) is 1. The van der Waals surface area contributed by atoms with E-state index in [1.165, 1.54) is 0 Å². The van der Waals surface area contributed by atoms with Crippen molar-refractivity contribution in [3.63, 3.8) is 0 Å². The second kappa shape index (κ2) is 6.86. The van der Waals surface area contributed by atoms with Crippen molar-refractivity contribution >= 4 is 11.8 Å². The van der Waals surface area contributed by atoms with E-state index in [4.69, 9.17) is 9.47 Å². The fourth-order valence-corrected chi connectivity index (χ4v) is 2.05. The molecule has 1 saturated heterocycles. The Bertz CT molecular complexity index is 331. The highest BCUT2D eigenvalue weighted by Crippen LogP contribution is 2.21. The molecule has 0 aromatic heterocycles. The number of carbonyl (C=O) groups excluding carboxylic acids is 2. The van der Waals surface area contributed by atoms with Crippen molar-refractivity contribution < 1.29 is 19.1 Å². The SMILES string of the molecule is CCC1NC(=O)C(C)(C)N(CCOCCOC)C1=O. The third-order valence-corrected chi connectivity index (χ3v) is 3.40. The number of carbonyl (C=O) groups is 2. The first-order chi connectivity index (χ1) is 8.95. The first-order valence-corrected chi connectivity index (χ1v) is 6.64. The summed E-state index contributed by atoms with van der Waals surface area (Å²) in [6.07, 6.45) is 0.599. The van der Waals surface area contributed by atoms with Crippen LogP contribution < -0.4 is 5.32 Å². The van der Waals surface area contributed by atoms with Crippen LogP contribution in [0.1, 0.15) is 27.2 Å². The van der Waals surface area contributed by atoms with Crippen molar-refractivity contribution in [1.29, 1.82) is 0 Å². The molecule has 1 unspecified atom stereocenters. The highest BCUT2D eigenvalue weighted by atomic mass is 16.5. The van der Waals surface area contributed by atoms with E-state index in [1.54, 1.807) is 25.9 Å². The Morgan fingerprint density at radius 2 is 1.95 bits per heavy atom. The van der Waals surface area contributed by atoms with Gasteiger partial charge in [0.1, 0.15) is 11.6 Å². The zero-order chi connectivity index (χ0) is 14.5. The maximum atomic E-state index is 12.3. The van der Waals surface area contributed by atoms with Crippen LogP contribution in [0.25, 0.3) is 0 Å². The minimum atomic E-state index is -0.826. The highest BCUT2D eigenvalue weighted by Gasteiger charge is 2.45. The van der Waals surface area contributed by atoms with Gasteiger partial charge in [-0.05, 0) is 20.3 Å². The summed E-state index contributed by atoms with van der Waals surface area (Å²) in [5.74, 6) is -0.154. The molecule has 0 aliphatic carbocycles. The molecule has 0 aromatic rings. The van der Waals surface area contributed by atoms with Crippen LogP contribution in [0.2, 0.25) is 0 Å². The summed E-state index contributed by atoms with van der Waals surface area (Å²) < 4.78 is 10.2. The van der Waals surface area contributed by atoms with Crippen molar-refractivity contribution in [2.45, 2.75) is 38.8 Å². The lowest BCUT2D eigenvalue weighted by atomic mass is 9.95. The highest BCUT2D eigenvalue weighted by molar-refractivity contribution is 5.99. The first-order valence-electron chi connectivity index (χ1n) is 6.64. The largest absolute Gasteiger partial charge is 0.382 e. The zero-order valence-corrected chi connectivity index (χ0v) is 12.2. The molecule has 1 atom stereocenters. The van der Waals surface area contributed by atoms with E-state index in [1.807, 2.05) is 6.92 Å². The van der Waals surface area contributed by atoms with Gasteiger partial charge in [0.2, 0.25) is 11.8 Å². The van der Waals surface area contributed by atoms with Crippen molar-refractivity contribution in [2.75, 3.05) is 33.5 Å². The Kier molecular flexibility index (Phi) is 5.75. The van der Waals surface area contributed by atoms with E-state index in [2.05, 4.69) is 5.32 Å². The van der Waals surface area contributed by atoms with Gasteiger partial charge in [0, 0.05) is 13.7 Å². The van der Waals surface area contributed by atoms with Crippen LogP contribution in [-0.2, 0) is 19.1 Å². The molecule has 1 aliphatic heterocycles. The number of piperazine rings is 1. The Hall–Kier alpha value is -1.14. The fourth-order valence-electron chi connectivity index (χ4n) is 2.05. The lowest BCUT2D eigenvalue weighted by molar-refractivity contribution is -0.156. The number of ether oxygens (including phenoxy) is 2. The van der Waals surface area contributed by atoms with Gasteiger partial charge in [-0.3, -0.25) is 9.59 Å². The van der Waals surface area contributed by atoms with E-state index in [0.717, 1.165) is 0 Å². The molecule has 1 fully saturated rings. The fraction of sp³-hybridized carbons (Fsp3) is 0.846. The van der Waals surface area contributed by atoms with E-state index in [-0.39, 0.29) is 11.8 Å². The summed E-state index contributed by atoms with van der Waals surface area (Å²) in [4.78, 5) is 25.9. The maximum Gasteiger partial charge on any atom is 0.246 e. The molecule has 110 valence electrons. The average Bonchev–Trinajstić information content (AvgIpc) is 2.37. The molecule has 0 aromatic carbocycles. The van der Waals surface area contributed by atoms with E-state index < -0.39 is 11.6 Å². The van der Waals surface area contributed by atoms with Gasteiger partial charge in [-0.25, -0.2) is 0 Å². The molecule has 6 heteroatoms. The summed E-state index contributed by atoms with van der Waals surface area (Å²) in [5.41, 5.74) is -0.826. The average molecular weight is 272 g/mol. The summed E-state index contributed by atoms with van der Waals surface area (Å²) in [7, 11) is 1.61. The molecule has 0 saturated carbocycles. The van der Waals surface area contributed by atoms with Crippen LogP contribution in [0.3, 0.4) is 0 Å². The van der Waals surface area contributed by atoms with Gasteiger partial charge in [-0.1, -0.05) is 6.92 Å². The predicted octanol–water partition coefficient (Wildman–Crippen LogP) is 0.165. The number of hydrogen-bond acceptors (Lipinski definition) is 4. The molecular formula is C13H24N2O4. The maximum absolute atomic E-state index is 12.3. The summed E-state index contributed by atoms with van der Waals surface area (Å²) >= 11 is 0. The molecule has 2 amide bonds. The first kappa shape index (κ1) is 15.9. The number of nitrogens with zero attached hydrogens (tertiary/aromatic N) is 1. The monoisotopic (exact) mass is 272 g/mol. The van der Waals surface area contributed by atoms with Crippen LogP contribution in [0.5, 0.6) is 0 Å². The zero-order valence-electron chi connectivity index (χ0n) is 12.2. The standard InChI is InChI=1S/C13H24N2O4/c1-5-10-11(16)15(6-7-19-9-8-18-4)13(2,3)12(17)14-10/h10H,5-9H2,1-4H3,(H,14,17). The van der Waals surface area contributed by atoms with Crippen LogP contribution in [0.4, 0.5) is 0 Å². The van der Waals surface area contributed by atoms with Gasteiger partial charge in [0.15, 0.2) is 0 Å². The third kappa shape index (κ3) is 3.67. The third-order valence-electron chi connectivity index (χ3n) is 3.40. The molecule has 19 heavy (non-hydrogen) atoms. The van der Waals surface area contributed by atoms with Gasteiger partial charge >= 0.3 is 0 Å². The number of rotatable bonds is 7. The molecule has 0 bridgehead atoms. The second-order valence-corrected chi connectivity index (χ2v) is 5.09. The van der Waals surface area contributed by atoms with Crippen molar-refractivity contribution in [1.82, 2.24) is 10.2 Å². The Balaban J connectivity index is 2.60. The Morgan fingerprint density at radius 1 is 1.26 bits per heavy atom. The summed E-state index contributed by atoms with van der Waals surface area (Å²) in [6, 6.07) is -0.417. The van der Waals surface area contributed by atoms with Crippen molar-refractivity contribution in [3.8, 4) is 0 Å². The molecular weight excluding hydrogens is 248 g/mol. The lowest BCUT2D eigenvalue weighted by Gasteiger charge is -2.44. The topological polar surface area (TPSA) is 67.9 Å². The molecule has 1 rings (SSSR count). The quantitative estimate of drug-likeness (QED) is 0.671. The number of methoxy groups -OCH3 is 1. The normalized spacial score (nSPS) is 22.5. The molecule has 6 nitrogen and oxygen atoms in total. The molecule has 1 N–H and O–H groups in total. The van der Waals surface area contributed by atoms with E-state index >= 15 is 0 Å². The molecule has 0 spiro atoms. The number of amides is 2. The second-order valence-electron chi connectivity index (χ2n) is 5.09. The minimum Gasteiger partial charge on any atom is -0.382 e. The summed E-state index contributed by atoms with van der Waals surface area (Å²) in [5, 5.41) is 2.76. The van der Waals surface area contributed by atoms with Crippen LogP contribution in [-0.4, -0.2) is 61.8 Å². The minimum absolute atomic E-state index is 0.0394. The molecule has 1 heterocycles. The van der Waals surface area contributed by atoms with Gasteiger partial charge in [-0.2, -0.15) is 0 Å². The van der Waals surface area contributed by atoms with Crippen molar-refractivity contribution in [3.05, 3.63) is 0 Å².